The van der Waals surface area contributed by atoms with Crippen LogP contribution in [0.15, 0.2) is 36.4 Å². The fourth-order valence-corrected chi connectivity index (χ4v) is 7.32. The van der Waals surface area contributed by atoms with E-state index in [0.29, 0.717) is 35.8 Å². The fourth-order valence-electron chi connectivity index (χ4n) is 6.10. The normalized spacial score (nSPS) is 24.5. The summed E-state index contributed by atoms with van der Waals surface area (Å²) in [5.41, 5.74) is 11.9. The third-order valence-corrected chi connectivity index (χ3v) is 9.66. The number of hydrogen-bond acceptors (Lipinski definition) is 4. The molecule has 190 valence electrons. The average molecular weight is 526 g/mol. The standard InChI is InChI=1S/C28H33FN3O2PS/c1-16-8-17(2)24(29)12-20(16)13-25(30)21-10-22-6-7-23(11-21)32(22)27(33)19-5-3-4-18(9-19)14-31-26(35)15-36-28(31)34/h3-5,8-9,12,21-23,25,35H,6-7,10-11,13-15,30H2,1-2H3. The number of hydrogen-bond donors (Lipinski definition) is 1. The van der Waals surface area contributed by atoms with E-state index in [-0.39, 0.29) is 35.1 Å². The van der Waals surface area contributed by atoms with E-state index in [2.05, 4.69) is 13.8 Å². The lowest BCUT2D eigenvalue weighted by Crippen LogP contribution is -2.50. The number of thioether (sulfide) groups is 1. The Morgan fingerprint density at radius 3 is 2.56 bits per heavy atom. The van der Waals surface area contributed by atoms with Crippen LogP contribution in [0.2, 0.25) is 0 Å². The minimum Gasteiger partial charge on any atom is -0.333 e. The quantitative estimate of drug-likeness (QED) is 0.518. The number of aryl methyl sites for hydroxylation is 2. The molecule has 0 aromatic heterocycles. The van der Waals surface area contributed by atoms with Crippen molar-refractivity contribution in [3.8, 4) is 0 Å². The number of rotatable bonds is 6. The van der Waals surface area contributed by atoms with Gasteiger partial charge >= 0.3 is 0 Å². The molecule has 2 amide bonds. The van der Waals surface area contributed by atoms with Gasteiger partial charge in [0.05, 0.1) is 12.0 Å². The minimum absolute atomic E-state index is 0.0248. The third kappa shape index (κ3) is 4.98. The van der Waals surface area contributed by atoms with E-state index in [9.17, 15) is 14.0 Å². The molecule has 0 aliphatic carbocycles. The number of fused-ring (bicyclic) bond motifs is 2. The van der Waals surface area contributed by atoms with Gasteiger partial charge in [-0.15, -0.1) is 0 Å². The maximum Gasteiger partial charge on any atom is 0.286 e. The first-order valence-electron chi connectivity index (χ1n) is 12.7. The monoisotopic (exact) mass is 525 g/mol. The van der Waals surface area contributed by atoms with Crippen LogP contribution in [-0.4, -0.2) is 50.2 Å². The fraction of sp³-hybridized carbons (Fsp3) is 0.464. The minimum atomic E-state index is -0.177. The molecular weight excluding hydrogens is 492 g/mol. The smallest absolute Gasteiger partial charge is 0.286 e. The van der Waals surface area contributed by atoms with Crippen molar-refractivity contribution in [3.05, 3.63) is 70.0 Å². The van der Waals surface area contributed by atoms with Crippen LogP contribution >= 0.6 is 20.6 Å². The predicted octanol–water partition coefficient (Wildman–Crippen LogP) is 5.34. The summed E-state index contributed by atoms with van der Waals surface area (Å²) in [4.78, 5) is 29.5. The van der Waals surface area contributed by atoms with E-state index in [1.807, 2.05) is 37.3 Å². The molecule has 3 aliphatic heterocycles. The van der Waals surface area contributed by atoms with Crippen LogP contribution in [0, 0.1) is 25.6 Å². The molecule has 3 aliphatic rings. The number of benzene rings is 2. The molecule has 0 radical (unpaired) electrons. The first-order valence-corrected chi connectivity index (χ1v) is 14.1. The molecule has 36 heavy (non-hydrogen) atoms. The molecule has 3 atom stereocenters. The van der Waals surface area contributed by atoms with Gasteiger partial charge in [-0.1, -0.05) is 38.8 Å². The SMILES string of the molecule is Cc1cc(C)c(CC(N)C2CC3CCC(C2)N3C(=O)c2cccc(CN3C(=O)SCC3=P)c2)cc1F. The summed E-state index contributed by atoms with van der Waals surface area (Å²) in [7, 11) is 3.54. The maximum absolute atomic E-state index is 14.2. The van der Waals surface area contributed by atoms with Crippen molar-refractivity contribution in [1.82, 2.24) is 9.80 Å². The number of carbonyl (C=O) groups is 2. The topological polar surface area (TPSA) is 66.6 Å². The molecule has 3 unspecified atom stereocenters. The van der Waals surface area contributed by atoms with E-state index >= 15 is 0 Å². The van der Waals surface area contributed by atoms with E-state index in [4.69, 9.17) is 5.73 Å². The second-order valence-electron chi connectivity index (χ2n) is 10.5. The second-order valence-corrected chi connectivity index (χ2v) is 12.0. The Balaban J connectivity index is 1.26. The van der Waals surface area contributed by atoms with E-state index < -0.39 is 0 Å². The van der Waals surface area contributed by atoms with Gasteiger partial charge in [-0.2, -0.15) is 0 Å². The number of halogens is 1. The van der Waals surface area contributed by atoms with Crippen molar-refractivity contribution in [2.75, 3.05) is 5.75 Å². The Bertz CT molecular complexity index is 1190. The summed E-state index contributed by atoms with van der Waals surface area (Å²) in [6.45, 7) is 4.26. The molecule has 3 fully saturated rings. The van der Waals surface area contributed by atoms with Crippen molar-refractivity contribution in [3.63, 3.8) is 0 Å². The third-order valence-electron chi connectivity index (χ3n) is 8.08. The lowest BCUT2D eigenvalue weighted by atomic mass is 9.82. The number of carbonyl (C=O) groups excluding carboxylic acids is 2. The van der Waals surface area contributed by atoms with Crippen LogP contribution in [0.4, 0.5) is 9.18 Å². The van der Waals surface area contributed by atoms with E-state index in [1.54, 1.807) is 17.9 Å². The van der Waals surface area contributed by atoms with Crippen molar-refractivity contribution >= 4 is 37.2 Å². The molecule has 0 saturated carbocycles. The molecule has 2 N–H and O–H groups in total. The van der Waals surface area contributed by atoms with Crippen LogP contribution in [-0.2, 0) is 13.0 Å². The molecule has 8 heteroatoms. The number of amides is 2. The highest BCUT2D eigenvalue weighted by Gasteiger charge is 2.44. The van der Waals surface area contributed by atoms with Gasteiger partial charge < -0.3 is 10.6 Å². The molecule has 5 nitrogen and oxygen atoms in total. The van der Waals surface area contributed by atoms with Gasteiger partial charge in [0.1, 0.15) is 5.82 Å². The lowest BCUT2D eigenvalue weighted by Gasteiger charge is -2.41. The molecule has 2 bridgehead atoms. The zero-order chi connectivity index (χ0) is 25.6. The van der Waals surface area contributed by atoms with Crippen LogP contribution in [0.25, 0.3) is 0 Å². The lowest BCUT2D eigenvalue weighted by molar-refractivity contribution is 0.0500. The van der Waals surface area contributed by atoms with E-state index in [1.165, 1.54) is 11.8 Å². The first-order chi connectivity index (χ1) is 17.2. The maximum atomic E-state index is 14.2. The summed E-state index contributed by atoms with van der Waals surface area (Å²) in [5.74, 6) is 0.849. The zero-order valence-electron chi connectivity index (χ0n) is 20.8. The highest BCUT2D eigenvalue weighted by Crippen LogP contribution is 2.41. The highest BCUT2D eigenvalue weighted by atomic mass is 32.2. The highest BCUT2D eigenvalue weighted by molar-refractivity contribution is 8.15. The summed E-state index contributed by atoms with van der Waals surface area (Å²) >= 11 is 1.28. The summed E-state index contributed by atoms with van der Waals surface area (Å²) in [6, 6.07) is 11.5. The van der Waals surface area contributed by atoms with Crippen LogP contribution < -0.4 is 5.73 Å². The summed E-state index contributed by atoms with van der Waals surface area (Å²) in [5, 5.41) is 0.0248. The zero-order valence-corrected chi connectivity index (χ0v) is 22.6. The molecule has 2 aromatic carbocycles. The van der Waals surface area contributed by atoms with E-state index in [0.717, 1.165) is 47.8 Å². The Morgan fingerprint density at radius 1 is 1.17 bits per heavy atom. The summed E-state index contributed by atoms with van der Waals surface area (Å²) < 4.78 is 14.2. The van der Waals surface area contributed by atoms with Crippen molar-refractivity contribution in [2.45, 2.75) is 70.6 Å². The number of nitrogens with two attached hydrogens (primary N) is 1. The van der Waals surface area contributed by atoms with Crippen LogP contribution in [0.5, 0.6) is 0 Å². The van der Waals surface area contributed by atoms with Gasteiger partial charge in [0.25, 0.3) is 11.1 Å². The Morgan fingerprint density at radius 2 is 1.89 bits per heavy atom. The molecule has 5 rings (SSSR count). The molecule has 3 heterocycles. The first kappa shape index (κ1) is 25.4. The average Bonchev–Trinajstić information content (AvgIpc) is 3.30. The molecular formula is C28H33FN3O2PS. The Labute approximate surface area is 218 Å². The van der Waals surface area contributed by atoms with Gasteiger partial charge in [-0.05, 0) is 92.3 Å². The van der Waals surface area contributed by atoms with Gasteiger partial charge in [0.15, 0.2) is 0 Å². The van der Waals surface area contributed by atoms with Crippen molar-refractivity contribution in [1.29, 1.82) is 0 Å². The van der Waals surface area contributed by atoms with Gasteiger partial charge in [-0.25, -0.2) is 4.39 Å². The summed E-state index contributed by atoms with van der Waals surface area (Å²) in [6.07, 6.45) is 4.43. The number of nitrogens with zero attached hydrogens (tertiary/aromatic N) is 2. The largest absolute Gasteiger partial charge is 0.333 e. The van der Waals surface area contributed by atoms with Crippen molar-refractivity contribution in [2.24, 2.45) is 11.7 Å². The van der Waals surface area contributed by atoms with Crippen LogP contribution in [0.1, 0.15) is 58.3 Å². The van der Waals surface area contributed by atoms with Crippen molar-refractivity contribution < 1.29 is 14.0 Å². The molecule has 0 spiro atoms. The predicted molar refractivity (Wildman–Crippen MR) is 146 cm³/mol. The van der Waals surface area contributed by atoms with Gasteiger partial charge in [0.2, 0.25) is 0 Å². The van der Waals surface area contributed by atoms with Gasteiger partial charge in [0, 0.05) is 29.4 Å². The van der Waals surface area contributed by atoms with Gasteiger partial charge in [-0.3, -0.25) is 14.5 Å². The van der Waals surface area contributed by atoms with Crippen LogP contribution in [0.3, 0.4) is 0 Å². The Kier molecular flexibility index (Phi) is 7.26. The Hall–Kier alpha value is -2.21. The molecule has 2 aromatic rings. The second kappa shape index (κ2) is 10.3. The molecule has 3 saturated heterocycles. The number of piperidine rings is 1.